The number of hydrogen-bond donors (Lipinski definition) is 1. The summed E-state index contributed by atoms with van der Waals surface area (Å²) in [4.78, 5) is 12.5. The van der Waals surface area contributed by atoms with Crippen LogP contribution in [0.2, 0.25) is 0 Å². The predicted molar refractivity (Wildman–Crippen MR) is 102 cm³/mol. The summed E-state index contributed by atoms with van der Waals surface area (Å²) in [5.74, 6) is -0.223. The quantitative estimate of drug-likeness (QED) is 0.869. The summed E-state index contributed by atoms with van der Waals surface area (Å²) in [6, 6.07) is 5.79. The summed E-state index contributed by atoms with van der Waals surface area (Å²) in [6.07, 6.45) is 9.06. The number of rotatable bonds is 5. The van der Waals surface area contributed by atoms with E-state index >= 15 is 0 Å². The molecular weight excluding hydrogens is 336 g/mol. The standard InChI is InChI=1S/C19H30N2O3S/c1-15-10-9-11-16(2)19(15)21(25(3,23)24)14-18(22)20-17-12-7-5-4-6-8-13-17/h9-11,17H,4-8,12-14H2,1-3H3,(H,20,22). The Morgan fingerprint density at radius 3 is 2.12 bits per heavy atom. The van der Waals surface area contributed by atoms with E-state index in [2.05, 4.69) is 5.32 Å². The van der Waals surface area contributed by atoms with Crippen molar-refractivity contribution in [3.05, 3.63) is 29.3 Å². The van der Waals surface area contributed by atoms with Crippen LogP contribution in [-0.4, -0.2) is 33.2 Å². The van der Waals surface area contributed by atoms with Gasteiger partial charge in [-0.3, -0.25) is 9.10 Å². The van der Waals surface area contributed by atoms with Gasteiger partial charge in [-0.15, -0.1) is 0 Å². The largest absolute Gasteiger partial charge is 0.352 e. The Morgan fingerprint density at radius 2 is 1.60 bits per heavy atom. The average molecular weight is 367 g/mol. The van der Waals surface area contributed by atoms with Gasteiger partial charge in [0.25, 0.3) is 0 Å². The molecule has 1 fully saturated rings. The first-order valence-corrected chi connectivity index (χ1v) is 11.0. The van der Waals surface area contributed by atoms with Gasteiger partial charge in [-0.2, -0.15) is 0 Å². The van der Waals surface area contributed by atoms with Gasteiger partial charge in [0.15, 0.2) is 0 Å². The molecule has 0 aromatic heterocycles. The molecule has 0 aliphatic heterocycles. The molecule has 0 radical (unpaired) electrons. The number of nitrogens with one attached hydrogen (secondary N) is 1. The second-order valence-corrected chi connectivity index (χ2v) is 9.03. The molecule has 0 atom stereocenters. The molecule has 140 valence electrons. The molecule has 1 saturated carbocycles. The first-order valence-electron chi connectivity index (χ1n) is 9.12. The lowest BCUT2D eigenvalue weighted by Gasteiger charge is -2.27. The Bertz CT molecular complexity index is 672. The topological polar surface area (TPSA) is 66.5 Å². The van der Waals surface area contributed by atoms with E-state index in [-0.39, 0.29) is 18.5 Å². The molecule has 0 spiro atoms. The molecule has 0 bridgehead atoms. The summed E-state index contributed by atoms with van der Waals surface area (Å²) in [7, 11) is -3.54. The average Bonchev–Trinajstić information content (AvgIpc) is 2.47. The zero-order valence-electron chi connectivity index (χ0n) is 15.5. The van der Waals surface area contributed by atoms with Crippen molar-refractivity contribution in [2.24, 2.45) is 0 Å². The van der Waals surface area contributed by atoms with Crippen LogP contribution in [0.1, 0.15) is 56.1 Å². The van der Waals surface area contributed by atoms with E-state index in [9.17, 15) is 13.2 Å². The number of carbonyl (C=O) groups is 1. The Balaban J connectivity index is 2.13. The number of anilines is 1. The Kier molecular flexibility index (Phi) is 6.87. The fraction of sp³-hybridized carbons (Fsp3) is 0.632. The fourth-order valence-corrected chi connectivity index (χ4v) is 4.54. The van der Waals surface area contributed by atoms with Gasteiger partial charge in [0, 0.05) is 6.04 Å². The molecular formula is C19H30N2O3S. The van der Waals surface area contributed by atoms with Crippen molar-refractivity contribution in [3.63, 3.8) is 0 Å². The first kappa shape index (κ1) is 19.8. The third-order valence-corrected chi connectivity index (χ3v) is 5.96. The first-order chi connectivity index (χ1) is 11.8. The number of sulfonamides is 1. The molecule has 1 amide bonds. The molecule has 25 heavy (non-hydrogen) atoms. The van der Waals surface area contributed by atoms with Crippen molar-refractivity contribution in [2.45, 2.75) is 64.8 Å². The summed E-state index contributed by atoms with van der Waals surface area (Å²) in [6.45, 7) is 3.57. The highest BCUT2D eigenvalue weighted by Gasteiger charge is 2.25. The van der Waals surface area contributed by atoms with Crippen LogP contribution < -0.4 is 9.62 Å². The van der Waals surface area contributed by atoms with E-state index in [1.165, 1.54) is 23.6 Å². The van der Waals surface area contributed by atoms with Gasteiger partial charge in [0.2, 0.25) is 15.9 Å². The van der Waals surface area contributed by atoms with Crippen LogP contribution in [0.15, 0.2) is 18.2 Å². The minimum Gasteiger partial charge on any atom is -0.352 e. The SMILES string of the molecule is Cc1cccc(C)c1N(CC(=O)NC1CCCCCCC1)S(C)(=O)=O. The predicted octanol–water partition coefficient (Wildman–Crippen LogP) is 3.30. The summed E-state index contributed by atoms with van der Waals surface area (Å²) in [5, 5.41) is 3.05. The number of nitrogens with zero attached hydrogens (tertiary/aromatic N) is 1. The van der Waals surface area contributed by atoms with E-state index in [1.807, 2.05) is 32.0 Å². The highest BCUT2D eigenvalue weighted by molar-refractivity contribution is 7.92. The van der Waals surface area contributed by atoms with E-state index in [4.69, 9.17) is 0 Å². The second-order valence-electron chi connectivity index (χ2n) is 7.12. The van der Waals surface area contributed by atoms with Crippen LogP contribution in [-0.2, 0) is 14.8 Å². The molecule has 1 aromatic carbocycles. The Morgan fingerprint density at radius 1 is 1.08 bits per heavy atom. The third kappa shape index (κ3) is 5.73. The Hall–Kier alpha value is -1.56. The van der Waals surface area contributed by atoms with E-state index in [0.29, 0.717) is 5.69 Å². The molecule has 2 rings (SSSR count). The van der Waals surface area contributed by atoms with Gasteiger partial charge < -0.3 is 5.32 Å². The maximum Gasteiger partial charge on any atom is 0.240 e. The number of amides is 1. The highest BCUT2D eigenvalue weighted by atomic mass is 32.2. The van der Waals surface area contributed by atoms with Crippen molar-refractivity contribution < 1.29 is 13.2 Å². The van der Waals surface area contributed by atoms with Gasteiger partial charge in [0.05, 0.1) is 11.9 Å². The van der Waals surface area contributed by atoms with Crippen LogP contribution in [0.5, 0.6) is 0 Å². The number of benzene rings is 1. The molecule has 0 unspecified atom stereocenters. The lowest BCUT2D eigenvalue weighted by molar-refractivity contribution is -0.120. The molecule has 6 heteroatoms. The minimum absolute atomic E-state index is 0.159. The van der Waals surface area contributed by atoms with Crippen LogP contribution in [0.3, 0.4) is 0 Å². The molecule has 5 nitrogen and oxygen atoms in total. The molecule has 1 aromatic rings. The molecule has 1 N–H and O–H groups in total. The van der Waals surface area contributed by atoms with Crippen LogP contribution in [0, 0.1) is 13.8 Å². The summed E-state index contributed by atoms with van der Waals surface area (Å²) in [5.41, 5.74) is 2.31. The number of aryl methyl sites for hydroxylation is 2. The number of para-hydroxylation sites is 1. The number of carbonyl (C=O) groups excluding carboxylic acids is 1. The van der Waals surface area contributed by atoms with Crippen molar-refractivity contribution >= 4 is 21.6 Å². The maximum absolute atomic E-state index is 12.5. The van der Waals surface area contributed by atoms with Gasteiger partial charge in [0.1, 0.15) is 6.54 Å². The highest BCUT2D eigenvalue weighted by Crippen LogP contribution is 2.26. The van der Waals surface area contributed by atoms with Crippen LogP contribution in [0.25, 0.3) is 0 Å². The van der Waals surface area contributed by atoms with E-state index in [1.54, 1.807) is 0 Å². The van der Waals surface area contributed by atoms with E-state index < -0.39 is 10.0 Å². The second kappa shape index (κ2) is 8.70. The van der Waals surface area contributed by atoms with E-state index in [0.717, 1.165) is 43.1 Å². The molecule has 0 heterocycles. The normalized spacial score (nSPS) is 16.8. The minimum atomic E-state index is -3.54. The lowest BCUT2D eigenvalue weighted by atomic mass is 9.97. The van der Waals surface area contributed by atoms with Crippen LogP contribution >= 0.6 is 0 Å². The molecule has 1 aliphatic rings. The van der Waals surface area contributed by atoms with Gasteiger partial charge in [-0.05, 0) is 37.8 Å². The summed E-state index contributed by atoms with van der Waals surface area (Å²) < 4.78 is 25.9. The van der Waals surface area contributed by atoms with Crippen LogP contribution in [0.4, 0.5) is 5.69 Å². The van der Waals surface area contributed by atoms with Gasteiger partial charge in [-0.1, -0.05) is 50.3 Å². The molecule has 1 aliphatic carbocycles. The van der Waals surface area contributed by atoms with Crippen molar-refractivity contribution in [1.82, 2.24) is 5.32 Å². The smallest absolute Gasteiger partial charge is 0.240 e. The molecule has 0 saturated heterocycles. The van der Waals surface area contributed by atoms with Crippen molar-refractivity contribution in [2.75, 3.05) is 17.1 Å². The monoisotopic (exact) mass is 366 g/mol. The van der Waals surface area contributed by atoms with Crippen molar-refractivity contribution in [3.8, 4) is 0 Å². The number of hydrogen-bond acceptors (Lipinski definition) is 3. The fourth-order valence-electron chi connectivity index (χ4n) is 3.57. The van der Waals surface area contributed by atoms with Gasteiger partial charge in [-0.25, -0.2) is 8.42 Å². The third-order valence-electron chi connectivity index (χ3n) is 4.85. The summed E-state index contributed by atoms with van der Waals surface area (Å²) >= 11 is 0. The van der Waals surface area contributed by atoms with Crippen molar-refractivity contribution in [1.29, 1.82) is 0 Å². The van der Waals surface area contributed by atoms with Gasteiger partial charge >= 0.3 is 0 Å². The lowest BCUT2D eigenvalue weighted by Crippen LogP contribution is -2.44. The zero-order chi connectivity index (χ0) is 18.4. The maximum atomic E-state index is 12.5. The Labute approximate surface area is 151 Å². The zero-order valence-corrected chi connectivity index (χ0v) is 16.4.